The third kappa shape index (κ3) is 6.93. The van der Waals surface area contributed by atoms with Crippen molar-refractivity contribution in [3.63, 3.8) is 0 Å². The zero-order chi connectivity index (χ0) is 27.9. The average molecular weight is 603 g/mol. The molecule has 0 saturated carbocycles. The number of rotatable bonds is 11. The van der Waals surface area contributed by atoms with Crippen molar-refractivity contribution in [2.24, 2.45) is 0 Å². The number of ether oxygens (including phenoxy) is 1. The van der Waals surface area contributed by atoms with Gasteiger partial charge in [0.1, 0.15) is 18.3 Å². The van der Waals surface area contributed by atoms with Gasteiger partial charge in [-0.2, -0.15) is 0 Å². The molecule has 0 radical (unpaired) electrons. The van der Waals surface area contributed by atoms with Gasteiger partial charge >= 0.3 is 0 Å². The Bertz CT molecular complexity index is 1360. The number of nitrogens with one attached hydrogen (secondary N) is 1. The van der Waals surface area contributed by atoms with Crippen molar-refractivity contribution in [2.75, 3.05) is 25.0 Å². The van der Waals surface area contributed by atoms with Gasteiger partial charge < -0.3 is 15.0 Å². The molecule has 3 rings (SSSR count). The lowest BCUT2D eigenvalue weighted by atomic mass is 10.1. The summed E-state index contributed by atoms with van der Waals surface area (Å²) in [5.74, 6) is -0.233. The number of likely N-dealkylation sites (N-methyl/N-ethyl adjacent to an activating group) is 1. The van der Waals surface area contributed by atoms with Crippen LogP contribution in [0.2, 0.25) is 0 Å². The van der Waals surface area contributed by atoms with Gasteiger partial charge in [-0.15, -0.1) is 0 Å². The molecule has 0 spiro atoms. The van der Waals surface area contributed by atoms with Crippen LogP contribution < -0.4 is 14.4 Å². The van der Waals surface area contributed by atoms with Gasteiger partial charge in [0.15, 0.2) is 0 Å². The zero-order valence-electron chi connectivity index (χ0n) is 21.8. The van der Waals surface area contributed by atoms with Crippen LogP contribution in [0.1, 0.15) is 24.5 Å². The van der Waals surface area contributed by atoms with E-state index in [2.05, 4.69) is 21.2 Å². The summed E-state index contributed by atoms with van der Waals surface area (Å²) in [4.78, 5) is 28.2. The number of hydrogen-bond acceptors (Lipinski definition) is 5. The van der Waals surface area contributed by atoms with E-state index in [0.717, 1.165) is 19.9 Å². The minimum absolute atomic E-state index is 0.0662. The number of methoxy groups -OCH3 is 1. The number of sulfonamides is 1. The summed E-state index contributed by atoms with van der Waals surface area (Å²) in [5, 5.41) is 2.62. The lowest BCUT2D eigenvalue weighted by molar-refractivity contribution is -0.140. The molecule has 0 fully saturated rings. The van der Waals surface area contributed by atoms with Crippen LogP contribution in [0.25, 0.3) is 0 Å². The van der Waals surface area contributed by atoms with E-state index in [1.54, 1.807) is 68.6 Å². The third-order valence-electron chi connectivity index (χ3n) is 6.12. The normalized spacial score (nSPS) is 11.9. The molecule has 0 aliphatic carbocycles. The molecule has 10 heteroatoms. The number of hydrogen-bond donors (Lipinski definition) is 1. The van der Waals surface area contributed by atoms with Crippen molar-refractivity contribution in [2.45, 2.75) is 37.8 Å². The second kappa shape index (κ2) is 12.9. The summed E-state index contributed by atoms with van der Waals surface area (Å²) in [6.45, 7) is 3.28. The molecule has 0 bridgehead atoms. The predicted octanol–water partition coefficient (Wildman–Crippen LogP) is 4.51. The van der Waals surface area contributed by atoms with Crippen molar-refractivity contribution in [1.29, 1.82) is 0 Å². The van der Waals surface area contributed by atoms with Crippen LogP contribution in [-0.2, 0) is 26.2 Å². The fourth-order valence-corrected chi connectivity index (χ4v) is 5.71. The van der Waals surface area contributed by atoms with Crippen LogP contribution in [0, 0.1) is 6.92 Å². The average Bonchev–Trinajstić information content (AvgIpc) is 2.92. The molecule has 0 aliphatic heterocycles. The van der Waals surface area contributed by atoms with Crippen LogP contribution in [0.15, 0.2) is 82.2 Å². The minimum atomic E-state index is -4.10. The Balaban J connectivity index is 2.05. The molecule has 3 aromatic carbocycles. The molecule has 1 N–H and O–H groups in total. The van der Waals surface area contributed by atoms with Crippen molar-refractivity contribution in [1.82, 2.24) is 10.2 Å². The maximum Gasteiger partial charge on any atom is 0.264 e. The van der Waals surface area contributed by atoms with Crippen LogP contribution in [0.3, 0.4) is 0 Å². The van der Waals surface area contributed by atoms with Crippen LogP contribution in [0.5, 0.6) is 5.75 Å². The van der Waals surface area contributed by atoms with E-state index in [1.807, 2.05) is 13.0 Å². The zero-order valence-corrected chi connectivity index (χ0v) is 24.3. The summed E-state index contributed by atoms with van der Waals surface area (Å²) in [7, 11) is -1.05. The summed E-state index contributed by atoms with van der Waals surface area (Å²) < 4.78 is 34.8. The summed E-state index contributed by atoms with van der Waals surface area (Å²) in [6.07, 6.45) is 0.346. The van der Waals surface area contributed by atoms with Crippen molar-refractivity contribution in [3.8, 4) is 5.75 Å². The maximum atomic E-state index is 13.9. The van der Waals surface area contributed by atoms with Gasteiger partial charge in [0.2, 0.25) is 11.8 Å². The SMILES string of the molecule is CC[C@@H](C(=O)NC)N(Cc1cccc(OC)c1)C(=O)CN(c1ccc(Br)cc1)S(=O)(=O)c1ccc(C)cc1. The topological polar surface area (TPSA) is 96.0 Å². The predicted molar refractivity (Wildman–Crippen MR) is 152 cm³/mol. The highest BCUT2D eigenvalue weighted by molar-refractivity contribution is 9.10. The van der Waals surface area contributed by atoms with E-state index in [1.165, 1.54) is 24.1 Å². The first-order chi connectivity index (χ1) is 18.1. The fraction of sp³-hybridized carbons (Fsp3) is 0.286. The Morgan fingerprint density at radius 1 is 1.03 bits per heavy atom. The number of carbonyl (C=O) groups excluding carboxylic acids is 2. The fourth-order valence-electron chi connectivity index (χ4n) is 4.03. The number of nitrogens with zero attached hydrogens (tertiary/aromatic N) is 2. The molecule has 0 saturated heterocycles. The first-order valence-electron chi connectivity index (χ1n) is 12.1. The largest absolute Gasteiger partial charge is 0.497 e. The highest BCUT2D eigenvalue weighted by Crippen LogP contribution is 2.27. The Morgan fingerprint density at radius 2 is 1.68 bits per heavy atom. The summed E-state index contributed by atoms with van der Waals surface area (Å²) in [5.41, 5.74) is 1.99. The van der Waals surface area contributed by atoms with Crippen molar-refractivity contribution >= 4 is 43.5 Å². The molecular formula is C28H32BrN3O5S. The van der Waals surface area contributed by atoms with Gasteiger partial charge in [-0.05, 0) is 67.4 Å². The molecule has 0 aromatic heterocycles. The first kappa shape index (κ1) is 29.2. The molecule has 0 heterocycles. The molecular weight excluding hydrogens is 570 g/mol. The van der Waals surface area contributed by atoms with Crippen molar-refractivity contribution < 1.29 is 22.7 Å². The molecule has 202 valence electrons. The number of anilines is 1. The summed E-state index contributed by atoms with van der Waals surface area (Å²) >= 11 is 3.38. The number of aryl methyl sites for hydroxylation is 1. The molecule has 2 amide bonds. The molecule has 0 unspecified atom stereocenters. The van der Waals surface area contributed by atoms with E-state index in [4.69, 9.17) is 4.74 Å². The van der Waals surface area contributed by atoms with E-state index < -0.39 is 28.5 Å². The quantitative estimate of drug-likeness (QED) is 0.349. The smallest absolute Gasteiger partial charge is 0.264 e. The van der Waals surface area contributed by atoms with Crippen molar-refractivity contribution in [3.05, 3.63) is 88.4 Å². The van der Waals surface area contributed by atoms with E-state index in [9.17, 15) is 18.0 Å². The Labute approximate surface area is 232 Å². The number of amides is 2. The number of halogens is 1. The second-order valence-electron chi connectivity index (χ2n) is 8.71. The van der Waals surface area contributed by atoms with E-state index >= 15 is 0 Å². The van der Waals surface area contributed by atoms with Crippen LogP contribution in [-0.4, -0.2) is 51.9 Å². The number of carbonyl (C=O) groups is 2. The molecule has 1 atom stereocenters. The van der Waals surface area contributed by atoms with Gasteiger partial charge in [0, 0.05) is 18.1 Å². The lowest BCUT2D eigenvalue weighted by Crippen LogP contribution is -2.51. The lowest BCUT2D eigenvalue weighted by Gasteiger charge is -2.33. The second-order valence-corrected chi connectivity index (χ2v) is 11.5. The Morgan fingerprint density at radius 3 is 2.26 bits per heavy atom. The monoisotopic (exact) mass is 601 g/mol. The van der Waals surface area contributed by atoms with E-state index in [0.29, 0.717) is 17.9 Å². The van der Waals surface area contributed by atoms with Gasteiger partial charge in [0.05, 0.1) is 17.7 Å². The summed E-state index contributed by atoms with van der Waals surface area (Å²) in [6, 6.07) is 19.6. The Kier molecular flexibility index (Phi) is 9.93. The molecule has 3 aromatic rings. The standard InChI is InChI=1S/C28H32BrN3O5S/c1-5-26(28(34)30-3)31(18-21-7-6-8-24(17-21)37-4)27(33)19-32(23-13-11-22(29)12-14-23)38(35,36)25-15-9-20(2)10-16-25/h6-17,26H,5,18-19H2,1-4H3,(H,30,34)/t26-/m0/s1. The van der Waals surface area contributed by atoms with Gasteiger partial charge in [-0.1, -0.05) is 52.7 Å². The molecule has 0 aliphatic rings. The van der Waals surface area contributed by atoms with Crippen LogP contribution >= 0.6 is 15.9 Å². The van der Waals surface area contributed by atoms with E-state index in [-0.39, 0.29) is 17.3 Å². The van der Waals surface area contributed by atoms with Gasteiger partial charge in [0.25, 0.3) is 10.0 Å². The highest BCUT2D eigenvalue weighted by Gasteiger charge is 2.33. The third-order valence-corrected chi connectivity index (χ3v) is 8.44. The maximum absolute atomic E-state index is 13.9. The van der Waals surface area contributed by atoms with Crippen LogP contribution in [0.4, 0.5) is 5.69 Å². The molecule has 8 nitrogen and oxygen atoms in total. The minimum Gasteiger partial charge on any atom is -0.497 e. The number of benzene rings is 3. The molecule has 38 heavy (non-hydrogen) atoms. The highest BCUT2D eigenvalue weighted by atomic mass is 79.9. The van der Waals surface area contributed by atoms with Gasteiger partial charge in [-0.25, -0.2) is 8.42 Å². The van der Waals surface area contributed by atoms with Gasteiger partial charge in [-0.3, -0.25) is 13.9 Å². The first-order valence-corrected chi connectivity index (χ1v) is 14.3. The Hall–Kier alpha value is -3.37.